The quantitative estimate of drug-likeness (QED) is 0.498. The van der Waals surface area contributed by atoms with Crippen LogP contribution in [-0.2, 0) is 9.59 Å². The van der Waals surface area contributed by atoms with Crippen LogP contribution in [0.3, 0.4) is 0 Å². The number of Topliss-reactive ketones (excluding diaryl/α,β-unsaturated/α-hetero) is 1. The Bertz CT molecular complexity index is 427. The number of nitrogens with zero attached hydrogens (tertiary/aromatic N) is 1. The molecule has 1 amide bonds. The van der Waals surface area contributed by atoms with Crippen molar-refractivity contribution in [2.24, 2.45) is 0 Å². The summed E-state index contributed by atoms with van der Waals surface area (Å²) in [6, 6.07) is 5.80. The molecule has 1 rings (SSSR count). The molecule has 0 aromatic carbocycles. The highest BCUT2D eigenvalue weighted by atomic mass is 33.1. The Balaban J connectivity index is 1.93. The van der Waals surface area contributed by atoms with Gasteiger partial charge in [-0.05, 0) is 42.7 Å². The molecule has 0 aliphatic rings. The van der Waals surface area contributed by atoms with E-state index in [-0.39, 0.29) is 11.7 Å². The van der Waals surface area contributed by atoms with Crippen molar-refractivity contribution in [2.45, 2.75) is 44.1 Å². The van der Waals surface area contributed by atoms with E-state index in [0.29, 0.717) is 19.4 Å². The lowest BCUT2D eigenvalue weighted by atomic mass is 10.1. The number of nitrogens with one attached hydrogen (secondary N) is 1. The summed E-state index contributed by atoms with van der Waals surface area (Å²) in [5, 5.41) is 3.87. The molecular formula is C15H22N2O2S2. The normalized spacial score (nSPS) is 10.3. The van der Waals surface area contributed by atoms with Crippen LogP contribution in [-0.4, -0.2) is 29.0 Å². The predicted molar refractivity (Wildman–Crippen MR) is 89.3 cm³/mol. The van der Waals surface area contributed by atoms with Crippen molar-refractivity contribution >= 4 is 33.3 Å². The maximum atomic E-state index is 11.6. The highest BCUT2D eigenvalue weighted by Gasteiger charge is 2.02. The zero-order valence-corrected chi connectivity index (χ0v) is 14.0. The molecule has 4 nitrogen and oxygen atoms in total. The fourth-order valence-electron chi connectivity index (χ4n) is 1.62. The summed E-state index contributed by atoms with van der Waals surface area (Å²) in [6.45, 7) is 2.32. The number of hydrogen-bond donors (Lipinski definition) is 1. The monoisotopic (exact) mass is 326 g/mol. The van der Waals surface area contributed by atoms with Crippen LogP contribution in [0.1, 0.15) is 39.0 Å². The first-order chi connectivity index (χ1) is 10.2. The number of pyridine rings is 1. The van der Waals surface area contributed by atoms with E-state index in [1.807, 2.05) is 18.2 Å². The molecule has 0 radical (unpaired) electrons. The second-order valence-electron chi connectivity index (χ2n) is 4.69. The zero-order chi connectivity index (χ0) is 15.3. The van der Waals surface area contributed by atoms with Crippen molar-refractivity contribution in [3.05, 3.63) is 24.4 Å². The van der Waals surface area contributed by atoms with E-state index in [0.717, 1.165) is 30.0 Å². The highest BCUT2D eigenvalue weighted by Crippen LogP contribution is 2.29. The van der Waals surface area contributed by atoms with Crippen molar-refractivity contribution < 1.29 is 9.59 Å². The number of carbonyl (C=O) groups is 2. The fraction of sp³-hybridized carbons (Fsp3) is 0.533. The maximum Gasteiger partial charge on any atom is 0.220 e. The molecule has 0 atom stereocenters. The molecule has 1 heterocycles. The minimum absolute atomic E-state index is 0.0932. The number of carbonyl (C=O) groups excluding carboxylic acids is 2. The molecule has 116 valence electrons. The van der Waals surface area contributed by atoms with Gasteiger partial charge in [-0.2, -0.15) is 0 Å². The number of hydrogen-bond acceptors (Lipinski definition) is 5. The van der Waals surface area contributed by atoms with Gasteiger partial charge in [-0.3, -0.25) is 4.79 Å². The highest BCUT2D eigenvalue weighted by molar-refractivity contribution is 8.76. The third-order valence-electron chi connectivity index (χ3n) is 2.72. The topological polar surface area (TPSA) is 59.1 Å². The van der Waals surface area contributed by atoms with Gasteiger partial charge in [-0.15, -0.1) is 0 Å². The van der Waals surface area contributed by atoms with Crippen LogP contribution in [0.4, 0.5) is 0 Å². The first-order valence-corrected chi connectivity index (χ1v) is 9.47. The molecule has 0 spiro atoms. The Morgan fingerprint density at radius 1 is 1.19 bits per heavy atom. The Morgan fingerprint density at radius 2 is 2.05 bits per heavy atom. The fourth-order valence-corrected chi connectivity index (χ4v) is 3.49. The Hall–Kier alpha value is -1.01. The van der Waals surface area contributed by atoms with Gasteiger partial charge in [-0.25, -0.2) is 4.98 Å². The molecule has 0 saturated heterocycles. The summed E-state index contributed by atoms with van der Waals surface area (Å²) in [4.78, 5) is 26.6. The van der Waals surface area contributed by atoms with Gasteiger partial charge in [0, 0.05) is 31.3 Å². The van der Waals surface area contributed by atoms with Crippen molar-refractivity contribution in [2.75, 3.05) is 12.3 Å². The van der Waals surface area contributed by atoms with Crippen LogP contribution < -0.4 is 5.32 Å². The molecule has 1 aromatic heterocycles. The molecular weight excluding hydrogens is 304 g/mol. The second kappa shape index (κ2) is 11.6. The number of amides is 1. The average molecular weight is 326 g/mol. The third-order valence-corrected chi connectivity index (χ3v) is 4.99. The van der Waals surface area contributed by atoms with Crippen LogP contribution in [0.2, 0.25) is 0 Å². The van der Waals surface area contributed by atoms with E-state index < -0.39 is 0 Å². The van der Waals surface area contributed by atoms with E-state index in [9.17, 15) is 9.59 Å². The molecule has 21 heavy (non-hydrogen) atoms. The lowest BCUT2D eigenvalue weighted by Crippen LogP contribution is -2.24. The molecule has 0 bridgehead atoms. The SMILES string of the molecule is CC(=O)CCCCCNC(=O)CCSSc1ccccn1. The minimum Gasteiger partial charge on any atom is -0.356 e. The molecule has 0 unspecified atom stereocenters. The third kappa shape index (κ3) is 10.4. The molecule has 0 fully saturated rings. The van der Waals surface area contributed by atoms with Crippen LogP contribution in [0.25, 0.3) is 0 Å². The summed E-state index contributed by atoms with van der Waals surface area (Å²) in [7, 11) is 3.23. The Morgan fingerprint density at radius 3 is 2.76 bits per heavy atom. The van der Waals surface area contributed by atoms with Gasteiger partial charge in [0.15, 0.2) is 0 Å². The summed E-state index contributed by atoms with van der Waals surface area (Å²) in [5.74, 6) is 1.11. The number of ketones is 1. The van der Waals surface area contributed by atoms with E-state index in [2.05, 4.69) is 10.3 Å². The Labute approximate surface area is 134 Å². The minimum atomic E-state index is 0.0932. The molecule has 6 heteroatoms. The molecule has 1 N–H and O–H groups in total. The average Bonchev–Trinajstić information content (AvgIpc) is 2.48. The summed E-state index contributed by atoms with van der Waals surface area (Å²) >= 11 is 0. The Kier molecular flexibility index (Phi) is 9.99. The van der Waals surface area contributed by atoms with E-state index in [1.165, 1.54) is 0 Å². The van der Waals surface area contributed by atoms with Gasteiger partial charge in [0.05, 0.1) is 0 Å². The standard InChI is InChI=1S/C15H22N2O2S2/c1-13(18)7-3-2-5-10-16-14(19)9-12-20-21-15-8-4-6-11-17-15/h4,6,8,11H,2-3,5,7,9-10,12H2,1H3,(H,16,19). The van der Waals surface area contributed by atoms with Crippen molar-refractivity contribution in [3.8, 4) is 0 Å². The van der Waals surface area contributed by atoms with Gasteiger partial charge in [0.1, 0.15) is 10.8 Å². The van der Waals surface area contributed by atoms with Crippen molar-refractivity contribution in [1.82, 2.24) is 10.3 Å². The van der Waals surface area contributed by atoms with Gasteiger partial charge in [0.25, 0.3) is 0 Å². The number of rotatable bonds is 11. The summed E-state index contributed by atoms with van der Waals surface area (Å²) in [5.41, 5.74) is 0. The molecule has 0 aliphatic heterocycles. The number of aromatic nitrogens is 1. The lowest BCUT2D eigenvalue weighted by molar-refractivity contribution is -0.120. The van der Waals surface area contributed by atoms with Gasteiger partial charge in [0.2, 0.25) is 5.91 Å². The van der Waals surface area contributed by atoms with E-state index in [1.54, 1.807) is 34.7 Å². The first-order valence-electron chi connectivity index (χ1n) is 7.15. The zero-order valence-electron chi connectivity index (χ0n) is 12.3. The van der Waals surface area contributed by atoms with Gasteiger partial charge >= 0.3 is 0 Å². The largest absolute Gasteiger partial charge is 0.356 e. The van der Waals surface area contributed by atoms with Crippen LogP contribution >= 0.6 is 21.6 Å². The first kappa shape index (κ1) is 18.0. The van der Waals surface area contributed by atoms with Gasteiger partial charge < -0.3 is 10.1 Å². The summed E-state index contributed by atoms with van der Waals surface area (Å²) in [6.07, 6.45) is 5.79. The van der Waals surface area contributed by atoms with E-state index >= 15 is 0 Å². The smallest absolute Gasteiger partial charge is 0.220 e. The summed E-state index contributed by atoms with van der Waals surface area (Å²) < 4.78 is 0. The van der Waals surface area contributed by atoms with Crippen LogP contribution in [0, 0.1) is 0 Å². The van der Waals surface area contributed by atoms with Crippen molar-refractivity contribution in [3.63, 3.8) is 0 Å². The van der Waals surface area contributed by atoms with Crippen LogP contribution in [0.15, 0.2) is 29.4 Å². The van der Waals surface area contributed by atoms with Gasteiger partial charge in [-0.1, -0.05) is 23.3 Å². The lowest BCUT2D eigenvalue weighted by Gasteiger charge is -2.04. The molecule has 1 aromatic rings. The van der Waals surface area contributed by atoms with Crippen LogP contribution in [0.5, 0.6) is 0 Å². The maximum absolute atomic E-state index is 11.6. The second-order valence-corrected chi connectivity index (χ2v) is 7.12. The molecule has 0 saturated carbocycles. The van der Waals surface area contributed by atoms with Crippen molar-refractivity contribution in [1.29, 1.82) is 0 Å². The number of unbranched alkanes of at least 4 members (excludes halogenated alkanes) is 2. The van der Waals surface area contributed by atoms with E-state index in [4.69, 9.17) is 0 Å². The predicted octanol–water partition coefficient (Wildman–Crippen LogP) is 3.48. The molecule has 0 aliphatic carbocycles.